The summed E-state index contributed by atoms with van der Waals surface area (Å²) in [5, 5.41) is 0. The highest BCUT2D eigenvalue weighted by molar-refractivity contribution is 5.99. The molecule has 1 aromatic carbocycles. The Morgan fingerprint density at radius 3 is 2.55 bits per heavy atom. The van der Waals surface area contributed by atoms with E-state index in [1.165, 1.54) is 37.1 Å². The molecule has 2 N–H and O–H groups in total. The number of carbonyl (C=O) groups is 2. The summed E-state index contributed by atoms with van der Waals surface area (Å²) >= 11 is 0. The predicted octanol–water partition coefficient (Wildman–Crippen LogP) is 0.469. The van der Waals surface area contributed by atoms with E-state index in [1.54, 1.807) is 24.3 Å². The van der Waals surface area contributed by atoms with Crippen LogP contribution in [0.3, 0.4) is 0 Å². The average Bonchev–Trinajstić information content (AvgIpc) is 2.54. The molecule has 0 unspecified atom stereocenters. The first kappa shape index (κ1) is 15.3. The van der Waals surface area contributed by atoms with Gasteiger partial charge < -0.3 is 9.30 Å². The van der Waals surface area contributed by atoms with E-state index in [0.29, 0.717) is 11.3 Å². The number of aromatic nitrogens is 1. The molecule has 1 aromatic heterocycles. The van der Waals surface area contributed by atoms with E-state index in [-0.39, 0.29) is 5.56 Å². The number of nitrogens with zero attached hydrogens (tertiary/aromatic N) is 1. The SMILES string of the molecule is COc1cccc(C(=O)NNC(=O)c2cccn(C)c2=O)c1. The van der Waals surface area contributed by atoms with Crippen LogP contribution in [0, 0.1) is 0 Å². The number of hydrogen-bond donors (Lipinski definition) is 2. The molecule has 7 heteroatoms. The van der Waals surface area contributed by atoms with Crippen LogP contribution in [-0.2, 0) is 7.05 Å². The number of hydrazine groups is 1. The van der Waals surface area contributed by atoms with E-state index in [0.717, 1.165) is 0 Å². The molecule has 2 rings (SSSR count). The third-order valence-electron chi connectivity index (χ3n) is 2.99. The second kappa shape index (κ2) is 6.57. The fourth-order valence-electron chi connectivity index (χ4n) is 1.79. The minimum atomic E-state index is -0.683. The molecule has 0 aliphatic carbocycles. The number of carbonyl (C=O) groups excluding carboxylic acids is 2. The molecule has 22 heavy (non-hydrogen) atoms. The maximum atomic E-state index is 11.9. The quantitative estimate of drug-likeness (QED) is 0.806. The van der Waals surface area contributed by atoms with E-state index >= 15 is 0 Å². The van der Waals surface area contributed by atoms with Crippen molar-refractivity contribution in [2.45, 2.75) is 0 Å². The topological polar surface area (TPSA) is 89.4 Å². The minimum Gasteiger partial charge on any atom is -0.497 e. The zero-order valence-electron chi connectivity index (χ0n) is 12.1. The number of nitrogens with one attached hydrogen (secondary N) is 2. The van der Waals surface area contributed by atoms with Crippen molar-refractivity contribution < 1.29 is 14.3 Å². The van der Waals surface area contributed by atoms with Crippen molar-refractivity contribution in [2.24, 2.45) is 7.05 Å². The Morgan fingerprint density at radius 2 is 1.82 bits per heavy atom. The third-order valence-corrected chi connectivity index (χ3v) is 2.99. The van der Waals surface area contributed by atoms with Crippen molar-refractivity contribution in [3.05, 3.63) is 64.1 Å². The zero-order valence-corrected chi connectivity index (χ0v) is 12.1. The van der Waals surface area contributed by atoms with Crippen LogP contribution in [0.2, 0.25) is 0 Å². The summed E-state index contributed by atoms with van der Waals surface area (Å²) < 4.78 is 6.29. The summed E-state index contributed by atoms with van der Waals surface area (Å²) in [6.07, 6.45) is 1.54. The van der Waals surface area contributed by atoms with Gasteiger partial charge in [0.25, 0.3) is 17.4 Å². The standard InChI is InChI=1S/C15H15N3O4/c1-18-8-4-7-12(15(18)21)14(20)17-16-13(19)10-5-3-6-11(9-10)22-2/h3-9H,1-2H3,(H,16,19)(H,17,20). The largest absolute Gasteiger partial charge is 0.497 e. The Bertz CT molecular complexity index is 767. The van der Waals surface area contributed by atoms with Gasteiger partial charge in [-0.2, -0.15) is 0 Å². The first-order chi connectivity index (χ1) is 10.5. The Kier molecular flexibility index (Phi) is 4.57. The molecule has 0 aliphatic heterocycles. The average molecular weight is 301 g/mol. The van der Waals surface area contributed by atoms with Gasteiger partial charge in [0, 0.05) is 18.8 Å². The summed E-state index contributed by atoms with van der Waals surface area (Å²) in [5.74, 6) is -0.673. The summed E-state index contributed by atoms with van der Waals surface area (Å²) in [5.41, 5.74) is 4.28. The molecule has 0 aliphatic rings. The van der Waals surface area contributed by atoms with Gasteiger partial charge >= 0.3 is 0 Å². The van der Waals surface area contributed by atoms with Crippen molar-refractivity contribution in [3.63, 3.8) is 0 Å². The minimum absolute atomic E-state index is 0.0593. The molecule has 0 bridgehead atoms. The van der Waals surface area contributed by atoms with E-state index in [2.05, 4.69) is 10.9 Å². The van der Waals surface area contributed by atoms with Crippen LogP contribution in [0.4, 0.5) is 0 Å². The van der Waals surface area contributed by atoms with Gasteiger partial charge in [-0.1, -0.05) is 6.07 Å². The molecular formula is C15H15N3O4. The maximum absolute atomic E-state index is 11.9. The third kappa shape index (κ3) is 3.32. The van der Waals surface area contributed by atoms with Crippen LogP contribution < -0.4 is 21.1 Å². The summed E-state index contributed by atoms with van der Waals surface area (Å²) in [6, 6.07) is 9.41. The molecule has 0 saturated heterocycles. The second-order valence-corrected chi connectivity index (χ2v) is 4.48. The smallest absolute Gasteiger partial charge is 0.275 e. The second-order valence-electron chi connectivity index (χ2n) is 4.48. The number of amides is 2. The number of hydrogen-bond acceptors (Lipinski definition) is 4. The maximum Gasteiger partial charge on any atom is 0.275 e. The monoisotopic (exact) mass is 301 g/mol. The van der Waals surface area contributed by atoms with Gasteiger partial charge in [-0.15, -0.1) is 0 Å². The van der Waals surface area contributed by atoms with Crippen LogP contribution in [0.25, 0.3) is 0 Å². The molecule has 2 amide bonds. The van der Waals surface area contributed by atoms with Crippen LogP contribution >= 0.6 is 0 Å². The summed E-state index contributed by atoms with van der Waals surface area (Å²) in [6.45, 7) is 0. The fraction of sp³-hybridized carbons (Fsp3) is 0.133. The Hall–Kier alpha value is -3.09. The van der Waals surface area contributed by atoms with Gasteiger partial charge in [0.1, 0.15) is 11.3 Å². The van der Waals surface area contributed by atoms with E-state index < -0.39 is 17.4 Å². The molecule has 0 radical (unpaired) electrons. The van der Waals surface area contributed by atoms with Crippen molar-refractivity contribution in [2.75, 3.05) is 7.11 Å². The molecule has 0 atom stereocenters. The number of pyridine rings is 1. The Labute approximate surface area is 126 Å². The van der Waals surface area contributed by atoms with Gasteiger partial charge in [0.05, 0.1) is 7.11 Å². The van der Waals surface area contributed by atoms with Crippen LogP contribution in [0.15, 0.2) is 47.4 Å². The van der Waals surface area contributed by atoms with Gasteiger partial charge in [-0.05, 0) is 30.3 Å². The highest BCUT2D eigenvalue weighted by Crippen LogP contribution is 2.11. The van der Waals surface area contributed by atoms with Gasteiger partial charge in [0.2, 0.25) is 0 Å². The van der Waals surface area contributed by atoms with E-state index in [4.69, 9.17) is 4.74 Å². The Morgan fingerprint density at radius 1 is 1.09 bits per heavy atom. The first-order valence-corrected chi connectivity index (χ1v) is 6.43. The molecule has 7 nitrogen and oxygen atoms in total. The molecule has 0 spiro atoms. The Balaban J connectivity index is 2.06. The first-order valence-electron chi connectivity index (χ1n) is 6.43. The van der Waals surface area contributed by atoms with E-state index in [9.17, 15) is 14.4 Å². The van der Waals surface area contributed by atoms with E-state index in [1.807, 2.05) is 0 Å². The predicted molar refractivity (Wildman–Crippen MR) is 79.6 cm³/mol. The summed E-state index contributed by atoms with van der Waals surface area (Å²) in [4.78, 5) is 35.6. The molecule has 114 valence electrons. The van der Waals surface area contributed by atoms with Crippen molar-refractivity contribution in [1.82, 2.24) is 15.4 Å². The number of benzene rings is 1. The lowest BCUT2D eigenvalue weighted by atomic mass is 10.2. The van der Waals surface area contributed by atoms with Crippen LogP contribution in [0.1, 0.15) is 20.7 Å². The lowest BCUT2D eigenvalue weighted by molar-refractivity contribution is 0.0845. The molecule has 0 fully saturated rings. The highest BCUT2D eigenvalue weighted by atomic mass is 16.5. The number of rotatable bonds is 3. The zero-order chi connectivity index (χ0) is 16.1. The van der Waals surface area contributed by atoms with Crippen molar-refractivity contribution in [3.8, 4) is 5.75 Å². The molecule has 2 aromatic rings. The normalized spacial score (nSPS) is 9.91. The fourth-order valence-corrected chi connectivity index (χ4v) is 1.79. The van der Waals surface area contributed by atoms with Crippen molar-refractivity contribution in [1.29, 1.82) is 0 Å². The summed E-state index contributed by atoms with van der Waals surface area (Å²) in [7, 11) is 3.03. The lowest BCUT2D eigenvalue weighted by Gasteiger charge is -2.08. The van der Waals surface area contributed by atoms with Crippen LogP contribution in [-0.4, -0.2) is 23.5 Å². The highest BCUT2D eigenvalue weighted by Gasteiger charge is 2.13. The van der Waals surface area contributed by atoms with Gasteiger partial charge in [0.15, 0.2) is 0 Å². The van der Waals surface area contributed by atoms with Crippen molar-refractivity contribution >= 4 is 11.8 Å². The van der Waals surface area contributed by atoms with Crippen LogP contribution in [0.5, 0.6) is 5.75 Å². The lowest BCUT2D eigenvalue weighted by Crippen LogP contribution is -2.43. The molecular weight excluding hydrogens is 286 g/mol. The molecule has 1 heterocycles. The van der Waals surface area contributed by atoms with Gasteiger partial charge in [-0.3, -0.25) is 25.2 Å². The van der Waals surface area contributed by atoms with Gasteiger partial charge in [-0.25, -0.2) is 0 Å². The number of aryl methyl sites for hydroxylation is 1. The number of methoxy groups -OCH3 is 1. The molecule has 0 saturated carbocycles. The number of ether oxygens (including phenoxy) is 1.